The number of fused-ring (bicyclic) bond motifs is 3. The topological polar surface area (TPSA) is 122 Å². The first-order valence-electron chi connectivity index (χ1n) is 13.9. The summed E-state index contributed by atoms with van der Waals surface area (Å²) in [6.07, 6.45) is 0. The lowest BCUT2D eigenvalue weighted by Gasteiger charge is -2.56. The Kier molecular flexibility index (Phi) is 10.3. The Balaban J connectivity index is 2.17. The zero-order valence-corrected chi connectivity index (χ0v) is 35.0. The lowest BCUT2D eigenvalue weighted by Crippen LogP contribution is -2.79. The van der Waals surface area contributed by atoms with Crippen LogP contribution in [0.4, 0.5) is 0 Å². The summed E-state index contributed by atoms with van der Waals surface area (Å²) in [5, 5.41) is 0. The Hall–Kier alpha value is 1.47. The molecule has 0 radical (unpaired) electrons. The van der Waals surface area contributed by atoms with Crippen LogP contribution in [-0.2, 0) is 45.6 Å². The monoisotopic (exact) mass is 710 g/mol. The molecule has 3 rings (SSSR count). The van der Waals surface area contributed by atoms with Gasteiger partial charge in [-0.2, -0.15) is 0 Å². The minimum absolute atomic E-state index is 0.413. The first-order valence-corrected chi connectivity index (χ1v) is 35.1. The van der Waals surface area contributed by atoms with E-state index >= 15 is 0 Å². The van der Waals surface area contributed by atoms with Crippen LogP contribution in [0.2, 0.25) is 82.2 Å². The Labute approximate surface area is 244 Å². The normalized spacial score (nSPS) is 45.7. The van der Waals surface area contributed by atoms with Gasteiger partial charge in [0.15, 0.2) is 8.32 Å². The Bertz CT molecular complexity index is 902. The fourth-order valence-corrected chi connectivity index (χ4v) is 56.6. The third kappa shape index (κ3) is 8.15. The molecule has 0 aromatic carbocycles. The van der Waals surface area contributed by atoms with Gasteiger partial charge in [-0.15, -0.1) is 0 Å². The lowest BCUT2D eigenvalue weighted by molar-refractivity contribution is 0.0621. The summed E-state index contributed by atoms with van der Waals surface area (Å²) in [6, 6.07) is 3.45. The quantitative estimate of drug-likeness (QED) is 0.340. The molecule has 0 spiro atoms. The minimum Gasteiger partial charge on any atom is -0.436 e. The first kappa shape index (κ1) is 35.0. The highest BCUT2D eigenvalue weighted by Crippen LogP contribution is 2.44. The molecule has 3 heterocycles. The largest absolute Gasteiger partial charge is 0.481 e. The van der Waals surface area contributed by atoms with Crippen molar-refractivity contribution in [2.45, 2.75) is 110 Å². The van der Waals surface area contributed by atoms with E-state index < -0.39 is 78.0 Å². The van der Waals surface area contributed by atoms with Gasteiger partial charge < -0.3 is 50.4 Å². The summed E-state index contributed by atoms with van der Waals surface area (Å²) >= 11 is 0. The van der Waals surface area contributed by atoms with Gasteiger partial charge in [0.05, 0.1) is 0 Å². The van der Waals surface area contributed by atoms with Crippen LogP contribution in [0.15, 0.2) is 0 Å². The van der Waals surface area contributed by atoms with Crippen molar-refractivity contribution in [2.75, 3.05) is 7.11 Å². The van der Waals surface area contributed by atoms with E-state index in [2.05, 4.69) is 34.2 Å². The summed E-state index contributed by atoms with van der Waals surface area (Å²) in [6.45, 7) is 23.5. The molecular weight excluding hydrogens is 661 g/mol. The smallest absolute Gasteiger partial charge is 0.436 e. The van der Waals surface area contributed by atoms with Crippen molar-refractivity contribution in [3.8, 4) is 0 Å². The van der Waals surface area contributed by atoms with E-state index in [1.165, 1.54) is 6.55 Å². The Morgan fingerprint density at radius 2 is 1.08 bits per heavy atom. The van der Waals surface area contributed by atoms with Crippen molar-refractivity contribution in [1.82, 2.24) is 0 Å². The van der Waals surface area contributed by atoms with Crippen molar-refractivity contribution >= 4 is 78.0 Å². The van der Waals surface area contributed by atoms with E-state index in [4.69, 9.17) is 45.6 Å². The van der Waals surface area contributed by atoms with Crippen LogP contribution in [-0.4, -0.2) is 89.9 Å². The lowest BCUT2D eigenvalue weighted by atomic mass is 10.9. The molecule has 21 heteroatoms. The highest BCUT2D eigenvalue weighted by Gasteiger charge is 2.71. The first-order chi connectivity index (χ1) is 17.6. The molecule has 1 N–H and O–H groups in total. The molecule has 39 heavy (non-hydrogen) atoms. The highest BCUT2D eigenvalue weighted by molar-refractivity contribution is 7.02. The second kappa shape index (κ2) is 11.4. The van der Waals surface area contributed by atoms with Crippen molar-refractivity contribution in [3.05, 3.63) is 0 Å². The molecule has 0 aromatic heterocycles. The van der Waals surface area contributed by atoms with Crippen LogP contribution in [0.5, 0.6) is 0 Å². The van der Waals surface area contributed by atoms with Crippen LogP contribution in [0.25, 0.3) is 0 Å². The van der Waals surface area contributed by atoms with Crippen molar-refractivity contribution < 1.29 is 50.4 Å². The van der Waals surface area contributed by atoms with Gasteiger partial charge in [-0.25, -0.2) is 0 Å². The summed E-state index contributed by atoms with van der Waals surface area (Å²) in [7, 11) is -27.5. The number of rotatable bonds is 9. The molecule has 0 aromatic rings. The van der Waals surface area contributed by atoms with Crippen LogP contribution in [0, 0.1) is 0 Å². The van der Waals surface area contributed by atoms with E-state index in [9.17, 15) is 4.80 Å². The average Bonchev–Trinajstić information content (AvgIpc) is 2.73. The SMILES string of the molecule is CC[Si](C)(CC)O[Si](CC)(CC)O[Si]1(C)O[Si]2(C)C[Si@]3(C)O[Si](C)(O[Si](C)(O)O[Si](C)(O3)O[Si@@](C)(OC)O2)O1. The van der Waals surface area contributed by atoms with Crippen molar-refractivity contribution in [1.29, 1.82) is 0 Å². The van der Waals surface area contributed by atoms with E-state index in [-0.39, 0.29) is 0 Å². The summed E-state index contributed by atoms with van der Waals surface area (Å²) in [4.78, 5) is 11.4. The molecule has 5 unspecified atom stereocenters. The van der Waals surface area contributed by atoms with Gasteiger partial charge in [0.25, 0.3) is 0 Å². The van der Waals surface area contributed by atoms with E-state index in [0.717, 1.165) is 24.2 Å². The standard InChI is InChI=1S/C18H50O12Si9/c1-14-31(6,15-2)21-39(16-3,17-4)30-38(13)25-32(7)18-33(8)23-36(11,28-35(10,20-5)22-32)26-34(9,19)27-37(12,24-33)29-38/h19H,14-18H2,1-13H3/t32?,33-,34?,35-,36?,37?,38?/m0/s1. The zero-order valence-electron chi connectivity index (χ0n) is 26.0. The molecule has 3 aliphatic rings. The van der Waals surface area contributed by atoms with E-state index in [0.29, 0.717) is 5.67 Å². The maximum atomic E-state index is 11.4. The van der Waals surface area contributed by atoms with Crippen molar-refractivity contribution in [3.63, 3.8) is 0 Å². The van der Waals surface area contributed by atoms with E-state index in [1.807, 2.05) is 19.6 Å². The second-order valence-corrected chi connectivity index (χ2v) is 42.6. The molecule has 230 valence electrons. The average molecular weight is 711 g/mol. The molecule has 0 saturated carbocycles. The van der Waals surface area contributed by atoms with Gasteiger partial charge in [0.2, 0.25) is 0 Å². The third-order valence-corrected chi connectivity index (χ3v) is 49.7. The number of hydrogen-bond acceptors (Lipinski definition) is 12. The fraction of sp³-hybridized carbons (Fsp3) is 1.00. The van der Waals surface area contributed by atoms with Crippen LogP contribution >= 0.6 is 0 Å². The summed E-state index contributed by atoms with van der Waals surface area (Å²) < 4.78 is 73.0. The van der Waals surface area contributed by atoms with Crippen LogP contribution in [0.3, 0.4) is 0 Å². The second-order valence-electron chi connectivity index (χ2n) is 11.8. The third-order valence-electron chi connectivity index (χ3n) is 7.49. The van der Waals surface area contributed by atoms with Gasteiger partial charge in [0.1, 0.15) is 0 Å². The molecule has 3 fully saturated rings. The molecule has 12 nitrogen and oxygen atoms in total. The maximum absolute atomic E-state index is 11.4. The summed E-state index contributed by atoms with van der Waals surface area (Å²) in [5.74, 6) is 0. The van der Waals surface area contributed by atoms with Gasteiger partial charge in [-0.1, -0.05) is 27.7 Å². The molecular formula is C18H50O12Si9. The zero-order chi connectivity index (χ0) is 29.8. The Morgan fingerprint density at radius 1 is 0.641 bits per heavy atom. The summed E-state index contributed by atoms with van der Waals surface area (Å²) in [5.41, 5.74) is 0.413. The number of hydrogen-bond donors (Lipinski definition) is 1. The fourth-order valence-electron chi connectivity index (χ4n) is 5.75. The van der Waals surface area contributed by atoms with Gasteiger partial charge in [-0.05, 0) is 43.8 Å². The van der Waals surface area contributed by atoms with Crippen molar-refractivity contribution in [2.24, 2.45) is 0 Å². The minimum atomic E-state index is -3.87. The van der Waals surface area contributed by atoms with E-state index in [1.54, 1.807) is 26.8 Å². The maximum Gasteiger partial charge on any atom is 0.481 e. The molecule has 0 aliphatic carbocycles. The molecule has 0 amide bonds. The molecule has 4 bridgehead atoms. The molecule has 3 saturated heterocycles. The molecule has 3 aliphatic heterocycles. The van der Waals surface area contributed by atoms with Gasteiger partial charge >= 0.3 is 69.7 Å². The Morgan fingerprint density at radius 3 is 1.51 bits per heavy atom. The molecule has 7 atom stereocenters. The van der Waals surface area contributed by atoms with Crippen LogP contribution in [0.1, 0.15) is 27.7 Å². The highest BCUT2D eigenvalue weighted by atomic mass is 28.6. The van der Waals surface area contributed by atoms with Gasteiger partial charge in [0, 0.05) is 45.5 Å². The predicted molar refractivity (Wildman–Crippen MR) is 166 cm³/mol. The van der Waals surface area contributed by atoms with Crippen LogP contribution < -0.4 is 0 Å². The predicted octanol–water partition coefficient (Wildman–Crippen LogP) is 4.46. The van der Waals surface area contributed by atoms with Gasteiger partial charge in [-0.3, -0.25) is 0 Å².